The van der Waals surface area contributed by atoms with E-state index in [1.807, 2.05) is 0 Å². The molecule has 0 aliphatic heterocycles. The third kappa shape index (κ3) is 3.13. The molecule has 0 unspecified atom stereocenters. The van der Waals surface area contributed by atoms with Crippen molar-refractivity contribution in [3.05, 3.63) is 70.8 Å². The molecular weight excluding hydrogens is 350 g/mol. The number of fused-ring (bicyclic) bond motifs is 1. The summed E-state index contributed by atoms with van der Waals surface area (Å²) in [7, 11) is 1.49. The van der Waals surface area contributed by atoms with Crippen molar-refractivity contribution >= 4 is 22.6 Å². The molecule has 0 spiro atoms. The van der Waals surface area contributed by atoms with E-state index in [-0.39, 0.29) is 5.56 Å². The lowest BCUT2D eigenvalue weighted by atomic mass is 10.1. The first-order chi connectivity index (χ1) is 13.2. The molecule has 4 rings (SSSR count). The van der Waals surface area contributed by atoms with Crippen LogP contribution in [0.3, 0.4) is 0 Å². The summed E-state index contributed by atoms with van der Waals surface area (Å²) in [4.78, 5) is 24.7. The Bertz CT molecular complexity index is 1180. The zero-order valence-corrected chi connectivity index (χ0v) is 14.1. The number of para-hydroxylation sites is 1. The van der Waals surface area contributed by atoms with Gasteiger partial charge in [0.2, 0.25) is 0 Å². The Morgan fingerprint density at radius 3 is 2.81 bits per heavy atom. The number of carbonyl (C=O) groups is 1. The predicted molar refractivity (Wildman–Crippen MR) is 96.1 cm³/mol. The minimum Gasteiger partial charge on any atom is -0.494 e. The van der Waals surface area contributed by atoms with Gasteiger partial charge in [0, 0.05) is 17.1 Å². The third-order valence-corrected chi connectivity index (χ3v) is 3.92. The number of aromatic nitrogens is 4. The van der Waals surface area contributed by atoms with Crippen molar-refractivity contribution in [1.29, 1.82) is 0 Å². The van der Waals surface area contributed by atoms with E-state index in [0.29, 0.717) is 28.1 Å². The summed E-state index contributed by atoms with van der Waals surface area (Å²) in [5.41, 5.74) is 0.680. The molecule has 0 fully saturated rings. The van der Waals surface area contributed by atoms with Crippen molar-refractivity contribution < 1.29 is 13.9 Å². The second-order valence-corrected chi connectivity index (χ2v) is 5.58. The van der Waals surface area contributed by atoms with Crippen LogP contribution in [0.4, 0.5) is 5.69 Å². The fraction of sp³-hybridized carbons (Fsp3) is 0.0556. The number of methoxy groups -OCH3 is 1. The van der Waals surface area contributed by atoms with E-state index in [1.165, 1.54) is 24.2 Å². The van der Waals surface area contributed by atoms with Crippen LogP contribution >= 0.6 is 0 Å². The molecule has 0 bridgehead atoms. The number of ether oxygens (including phenoxy) is 1. The highest BCUT2D eigenvalue weighted by atomic mass is 16.5. The number of rotatable bonds is 4. The van der Waals surface area contributed by atoms with Crippen molar-refractivity contribution in [2.45, 2.75) is 0 Å². The molecule has 2 aromatic heterocycles. The minimum atomic E-state index is -0.705. The molecule has 0 saturated carbocycles. The number of anilines is 1. The summed E-state index contributed by atoms with van der Waals surface area (Å²) < 4.78 is 12.0. The lowest BCUT2D eigenvalue weighted by molar-refractivity contribution is 0.102. The van der Waals surface area contributed by atoms with Crippen LogP contribution in [0, 0.1) is 0 Å². The molecule has 0 atom stereocenters. The number of carbonyl (C=O) groups excluding carboxylic acids is 1. The van der Waals surface area contributed by atoms with Gasteiger partial charge in [-0.2, -0.15) is 4.68 Å². The van der Waals surface area contributed by atoms with Gasteiger partial charge in [-0.05, 0) is 34.7 Å². The molecule has 0 radical (unpaired) electrons. The van der Waals surface area contributed by atoms with Crippen LogP contribution in [0.5, 0.6) is 5.75 Å². The third-order valence-electron chi connectivity index (χ3n) is 3.92. The van der Waals surface area contributed by atoms with Crippen LogP contribution in [0.2, 0.25) is 0 Å². The zero-order valence-electron chi connectivity index (χ0n) is 14.1. The largest absolute Gasteiger partial charge is 0.494 e. The number of amides is 1. The quantitative estimate of drug-likeness (QED) is 0.552. The molecule has 0 saturated heterocycles. The van der Waals surface area contributed by atoms with Crippen LogP contribution in [0.15, 0.2) is 64.1 Å². The molecule has 4 aromatic rings. The van der Waals surface area contributed by atoms with Gasteiger partial charge in [-0.1, -0.05) is 18.2 Å². The Morgan fingerprint density at radius 2 is 2.04 bits per heavy atom. The molecular formula is C18H13N5O4. The number of nitrogens with zero attached hydrogens (tertiary/aromatic N) is 4. The first kappa shape index (κ1) is 16.5. The monoisotopic (exact) mass is 363 g/mol. The molecule has 27 heavy (non-hydrogen) atoms. The number of tetrazole rings is 1. The van der Waals surface area contributed by atoms with Crippen LogP contribution in [0.1, 0.15) is 10.4 Å². The fourth-order valence-corrected chi connectivity index (χ4v) is 2.63. The number of benzene rings is 2. The molecule has 2 heterocycles. The van der Waals surface area contributed by atoms with E-state index >= 15 is 0 Å². The fourth-order valence-electron chi connectivity index (χ4n) is 2.63. The maximum absolute atomic E-state index is 12.5. The van der Waals surface area contributed by atoms with E-state index < -0.39 is 11.5 Å². The first-order valence-electron chi connectivity index (χ1n) is 7.91. The SMILES string of the molecule is COc1cc(NC(=O)c2cc3ccccc3oc2=O)ccc1-n1cnnn1. The van der Waals surface area contributed by atoms with Crippen molar-refractivity contribution in [1.82, 2.24) is 20.2 Å². The highest BCUT2D eigenvalue weighted by molar-refractivity contribution is 6.05. The molecule has 1 N–H and O–H groups in total. The molecule has 0 aliphatic carbocycles. The van der Waals surface area contributed by atoms with Crippen LogP contribution < -0.4 is 15.7 Å². The van der Waals surface area contributed by atoms with Crippen LogP contribution in [-0.2, 0) is 0 Å². The van der Waals surface area contributed by atoms with Gasteiger partial charge in [-0.3, -0.25) is 4.79 Å². The average Bonchev–Trinajstić information content (AvgIpc) is 3.21. The van der Waals surface area contributed by atoms with E-state index in [1.54, 1.807) is 42.5 Å². The van der Waals surface area contributed by atoms with Crippen LogP contribution in [0.25, 0.3) is 16.7 Å². The Balaban J connectivity index is 1.65. The minimum absolute atomic E-state index is 0.0859. The van der Waals surface area contributed by atoms with E-state index in [9.17, 15) is 9.59 Å². The van der Waals surface area contributed by atoms with Crippen molar-refractivity contribution in [2.75, 3.05) is 12.4 Å². The topological polar surface area (TPSA) is 112 Å². The number of nitrogens with one attached hydrogen (secondary N) is 1. The maximum atomic E-state index is 12.5. The van der Waals surface area contributed by atoms with Gasteiger partial charge >= 0.3 is 5.63 Å². The molecule has 2 aromatic carbocycles. The summed E-state index contributed by atoms with van der Waals surface area (Å²) in [6, 6.07) is 13.4. The van der Waals surface area contributed by atoms with Gasteiger partial charge in [-0.25, -0.2) is 4.79 Å². The Kier molecular flexibility index (Phi) is 4.09. The van der Waals surface area contributed by atoms with Gasteiger partial charge in [0.1, 0.15) is 28.9 Å². The highest BCUT2D eigenvalue weighted by Gasteiger charge is 2.15. The smallest absolute Gasteiger partial charge is 0.349 e. The van der Waals surface area contributed by atoms with Gasteiger partial charge < -0.3 is 14.5 Å². The van der Waals surface area contributed by atoms with Gasteiger partial charge in [0.15, 0.2) is 0 Å². The Hall–Kier alpha value is -4.01. The summed E-state index contributed by atoms with van der Waals surface area (Å²) >= 11 is 0. The summed E-state index contributed by atoms with van der Waals surface area (Å²) in [5, 5.41) is 14.3. The van der Waals surface area contributed by atoms with E-state index in [0.717, 1.165) is 0 Å². The Labute approximate surface area is 152 Å². The highest BCUT2D eigenvalue weighted by Crippen LogP contribution is 2.26. The molecule has 1 amide bonds. The van der Waals surface area contributed by atoms with Crippen molar-refractivity contribution in [3.8, 4) is 11.4 Å². The zero-order chi connectivity index (χ0) is 18.8. The Morgan fingerprint density at radius 1 is 1.19 bits per heavy atom. The first-order valence-corrected chi connectivity index (χ1v) is 7.91. The van der Waals surface area contributed by atoms with Crippen LogP contribution in [-0.4, -0.2) is 33.2 Å². The van der Waals surface area contributed by atoms with Crippen molar-refractivity contribution in [3.63, 3.8) is 0 Å². The van der Waals surface area contributed by atoms with E-state index in [2.05, 4.69) is 20.8 Å². The molecule has 9 heteroatoms. The summed E-state index contributed by atoms with van der Waals surface area (Å²) in [6.45, 7) is 0. The second-order valence-electron chi connectivity index (χ2n) is 5.58. The standard InChI is InChI=1S/C18H13N5O4/c1-26-16-9-12(6-7-14(16)23-10-19-21-22-23)20-17(24)13-8-11-4-2-3-5-15(11)27-18(13)25/h2-10H,1H3,(H,20,24). The number of hydrogen-bond acceptors (Lipinski definition) is 7. The van der Waals surface area contributed by atoms with Gasteiger partial charge in [0.25, 0.3) is 5.91 Å². The predicted octanol–water partition coefficient (Wildman–Crippen LogP) is 2.03. The normalized spacial score (nSPS) is 10.7. The van der Waals surface area contributed by atoms with Gasteiger partial charge in [0.05, 0.1) is 7.11 Å². The van der Waals surface area contributed by atoms with Crippen molar-refractivity contribution in [2.24, 2.45) is 0 Å². The van der Waals surface area contributed by atoms with E-state index in [4.69, 9.17) is 9.15 Å². The molecule has 0 aliphatic rings. The maximum Gasteiger partial charge on any atom is 0.349 e. The average molecular weight is 363 g/mol. The summed E-state index contributed by atoms with van der Waals surface area (Å²) in [6.07, 6.45) is 1.43. The lowest BCUT2D eigenvalue weighted by Gasteiger charge is -2.10. The molecule has 134 valence electrons. The number of hydrogen-bond donors (Lipinski definition) is 1. The summed E-state index contributed by atoms with van der Waals surface area (Å²) in [5.74, 6) is -0.127. The lowest BCUT2D eigenvalue weighted by Crippen LogP contribution is -2.20. The van der Waals surface area contributed by atoms with Gasteiger partial charge in [-0.15, -0.1) is 5.10 Å². The second kappa shape index (κ2) is 6.71. The molecule has 9 nitrogen and oxygen atoms in total.